The molecule has 0 bridgehead atoms. The highest BCUT2D eigenvalue weighted by Crippen LogP contribution is 2.38. The summed E-state index contributed by atoms with van der Waals surface area (Å²) in [6, 6.07) is 50.6. The van der Waals surface area contributed by atoms with Crippen LogP contribution in [0.4, 0.5) is 0 Å². The van der Waals surface area contributed by atoms with Gasteiger partial charge in [-0.15, -0.1) is 11.3 Å². The first-order valence-corrected chi connectivity index (χ1v) is 17.7. The number of hydrogen-bond acceptors (Lipinski definition) is 3. The van der Waals surface area contributed by atoms with Gasteiger partial charge >= 0.3 is 0 Å². The molecular formula is C46H30N2S. The summed E-state index contributed by atoms with van der Waals surface area (Å²) in [6.45, 7) is 0. The molecule has 0 spiro atoms. The highest BCUT2D eigenvalue weighted by atomic mass is 32.1. The van der Waals surface area contributed by atoms with E-state index in [1.165, 1.54) is 75.5 Å². The van der Waals surface area contributed by atoms with Crippen LogP contribution in [0.25, 0.3) is 92.7 Å². The molecule has 0 N–H and O–H groups in total. The van der Waals surface area contributed by atoms with Crippen LogP contribution in [0.2, 0.25) is 0 Å². The lowest BCUT2D eigenvalue weighted by Crippen LogP contribution is -2.01. The van der Waals surface area contributed by atoms with Crippen molar-refractivity contribution >= 4 is 59.4 Å². The third-order valence-electron chi connectivity index (χ3n) is 10.0. The Bertz CT molecular complexity index is 2750. The Kier molecular flexibility index (Phi) is 6.53. The fourth-order valence-electron chi connectivity index (χ4n) is 7.50. The van der Waals surface area contributed by atoms with Gasteiger partial charge in [0.05, 0.1) is 22.9 Å². The number of hydrogen-bond donors (Lipinski definition) is 0. The first-order chi connectivity index (χ1) is 24.3. The van der Waals surface area contributed by atoms with Gasteiger partial charge in [-0.1, -0.05) is 127 Å². The summed E-state index contributed by atoms with van der Waals surface area (Å²) >= 11 is 1.86. The maximum atomic E-state index is 5.21. The van der Waals surface area contributed by atoms with E-state index in [1.54, 1.807) is 0 Å². The van der Waals surface area contributed by atoms with Crippen LogP contribution in [-0.2, 0) is 6.42 Å². The van der Waals surface area contributed by atoms with Crippen LogP contribution < -0.4 is 0 Å². The molecule has 7 aromatic carbocycles. The number of benzene rings is 7. The molecule has 0 amide bonds. The molecular weight excluding hydrogens is 613 g/mol. The van der Waals surface area contributed by atoms with Crippen molar-refractivity contribution in [3.05, 3.63) is 163 Å². The van der Waals surface area contributed by atoms with E-state index < -0.39 is 0 Å². The molecule has 10 rings (SSSR count). The van der Waals surface area contributed by atoms with Crippen molar-refractivity contribution in [2.24, 2.45) is 0 Å². The molecule has 0 saturated heterocycles. The van der Waals surface area contributed by atoms with Gasteiger partial charge in [0.2, 0.25) is 0 Å². The molecule has 230 valence electrons. The van der Waals surface area contributed by atoms with E-state index in [0.717, 1.165) is 35.1 Å². The van der Waals surface area contributed by atoms with Gasteiger partial charge < -0.3 is 0 Å². The largest absolute Gasteiger partial charge is 0.252 e. The zero-order chi connectivity index (χ0) is 32.3. The summed E-state index contributed by atoms with van der Waals surface area (Å²) in [5, 5.41) is 5.09. The van der Waals surface area contributed by atoms with Gasteiger partial charge in [-0.3, -0.25) is 4.98 Å². The van der Waals surface area contributed by atoms with Crippen molar-refractivity contribution in [1.82, 2.24) is 9.97 Å². The third kappa shape index (κ3) is 4.77. The number of fused-ring (bicyclic) bond motifs is 9. The SMILES string of the molecule is C1=Cc2c(c3nc(-c4ccc(-c5ccc(-c6cccc(-c7ccc8sc9ccccc9c8c7)c6)cc5)cc4)cnc3c3ccccc23)CC1. The molecule has 2 nitrogen and oxygen atoms in total. The summed E-state index contributed by atoms with van der Waals surface area (Å²) in [6.07, 6.45) is 8.49. The van der Waals surface area contributed by atoms with Crippen molar-refractivity contribution in [2.75, 3.05) is 0 Å². The normalized spacial score (nSPS) is 12.7. The average molecular weight is 643 g/mol. The van der Waals surface area contributed by atoms with E-state index in [2.05, 4.69) is 152 Å². The van der Waals surface area contributed by atoms with Crippen molar-refractivity contribution in [1.29, 1.82) is 0 Å². The zero-order valence-electron chi connectivity index (χ0n) is 26.7. The van der Waals surface area contributed by atoms with E-state index in [-0.39, 0.29) is 0 Å². The minimum Gasteiger partial charge on any atom is -0.252 e. The van der Waals surface area contributed by atoms with Crippen molar-refractivity contribution in [3.8, 4) is 44.6 Å². The Morgan fingerprint density at radius 3 is 1.88 bits per heavy atom. The van der Waals surface area contributed by atoms with Crippen molar-refractivity contribution in [3.63, 3.8) is 0 Å². The number of nitrogens with zero attached hydrogens (tertiary/aromatic N) is 2. The second kappa shape index (κ2) is 11.4. The molecule has 49 heavy (non-hydrogen) atoms. The Labute approximate surface area is 288 Å². The van der Waals surface area contributed by atoms with Gasteiger partial charge in [-0.2, -0.15) is 0 Å². The Balaban J connectivity index is 0.937. The van der Waals surface area contributed by atoms with Crippen LogP contribution in [0.3, 0.4) is 0 Å². The standard InChI is InChI=1S/C46H30N2S/c1-3-13-39-36(10-1)37-11-2-4-14-40(37)46-45(39)47-28-42(48-46)32-22-20-30(21-23-32)29-16-18-31(19-17-29)33-8-7-9-34(26-33)35-24-25-44-41(27-35)38-12-5-6-15-43(38)49-44/h1-3,5-13,15-28H,4,14H2. The van der Waals surface area contributed by atoms with Crippen LogP contribution in [0.1, 0.15) is 17.5 Å². The lowest BCUT2D eigenvalue weighted by atomic mass is 9.90. The van der Waals surface area contributed by atoms with Gasteiger partial charge in [0.15, 0.2) is 0 Å². The van der Waals surface area contributed by atoms with Gasteiger partial charge in [-0.25, -0.2) is 4.98 Å². The Morgan fingerprint density at radius 1 is 0.469 bits per heavy atom. The highest BCUT2D eigenvalue weighted by Gasteiger charge is 2.17. The minimum absolute atomic E-state index is 0.910. The van der Waals surface area contributed by atoms with E-state index >= 15 is 0 Å². The molecule has 0 saturated carbocycles. The van der Waals surface area contributed by atoms with Crippen molar-refractivity contribution in [2.45, 2.75) is 12.8 Å². The first-order valence-electron chi connectivity index (χ1n) is 16.9. The lowest BCUT2D eigenvalue weighted by molar-refractivity contribution is 0.994. The maximum Gasteiger partial charge on any atom is 0.0968 e. The molecule has 1 aliphatic carbocycles. The van der Waals surface area contributed by atoms with Crippen molar-refractivity contribution < 1.29 is 0 Å². The lowest BCUT2D eigenvalue weighted by Gasteiger charge is -2.17. The molecule has 9 aromatic rings. The number of thiophene rings is 1. The number of allylic oxidation sites excluding steroid dienone is 1. The fourth-order valence-corrected chi connectivity index (χ4v) is 8.58. The minimum atomic E-state index is 0.910. The van der Waals surface area contributed by atoms with Crippen LogP contribution in [-0.4, -0.2) is 9.97 Å². The summed E-state index contributed by atoms with van der Waals surface area (Å²) in [4.78, 5) is 10.2. The van der Waals surface area contributed by atoms with Crippen LogP contribution in [0.15, 0.2) is 152 Å². The Hall–Kier alpha value is -5.90. The molecule has 0 radical (unpaired) electrons. The highest BCUT2D eigenvalue weighted by molar-refractivity contribution is 7.25. The molecule has 0 fully saturated rings. The summed E-state index contributed by atoms with van der Waals surface area (Å²) < 4.78 is 2.67. The quantitative estimate of drug-likeness (QED) is 0.179. The average Bonchev–Trinajstić information content (AvgIpc) is 3.56. The Morgan fingerprint density at radius 2 is 1.08 bits per heavy atom. The molecule has 2 heterocycles. The molecule has 1 aliphatic rings. The smallest absolute Gasteiger partial charge is 0.0968 e. The predicted octanol–water partition coefficient (Wildman–Crippen LogP) is 12.8. The van der Waals surface area contributed by atoms with Gasteiger partial charge in [0, 0.05) is 31.1 Å². The molecule has 0 aliphatic heterocycles. The van der Waals surface area contributed by atoms with Gasteiger partial charge in [-0.05, 0) is 87.0 Å². The maximum absolute atomic E-state index is 5.21. The topological polar surface area (TPSA) is 25.8 Å². The molecule has 0 unspecified atom stereocenters. The van der Waals surface area contributed by atoms with Crippen LogP contribution in [0, 0.1) is 0 Å². The van der Waals surface area contributed by atoms with Crippen LogP contribution in [0.5, 0.6) is 0 Å². The molecule has 2 aromatic heterocycles. The summed E-state index contributed by atoms with van der Waals surface area (Å²) in [5.74, 6) is 0. The van der Waals surface area contributed by atoms with E-state index in [1.807, 2.05) is 17.5 Å². The fraction of sp³-hybridized carbons (Fsp3) is 0.0435. The van der Waals surface area contributed by atoms with Gasteiger partial charge in [0.1, 0.15) is 0 Å². The summed E-state index contributed by atoms with van der Waals surface area (Å²) in [7, 11) is 0. The van der Waals surface area contributed by atoms with E-state index in [4.69, 9.17) is 9.97 Å². The monoisotopic (exact) mass is 642 g/mol. The number of aromatic nitrogens is 2. The second-order valence-corrected chi connectivity index (χ2v) is 14.0. The third-order valence-corrected chi connectivity index (χ3v) is 11.2. The summed E-state index contributed by atoms with van der Waals surface area (Å²) in [5.41, 5.74) is 13.9. The second-order valence-electron chi connectivity index (χ2n) is 12.9. The first kappa shape index (κ1) is 28.1. The zero-order valence-corrected chi connectivity index (χ0v) is 27.5. The van der Waals surface area contributed by atoms with E-state index in [0.29, 0.717) is 0 Å². The number of rotatable bonds is 4. The molecule has 3 heteroatoms. The molecule has 0 atom stereocenters. The van der Waals surface area contributed by atoms with E-state index in [9.17, 15) is 0 Å². The van der Waals surface area contributed by atoms with Crippen LogP contribution >= 0.6 is 11.3 Å². The number of aryl methyl sites for hydroxylation is 1. The van der Waals surface area contributed by atoms with Gasteiger partial charge in [0.25, 0.3) is 0 Å². The predicted molar refractivity (Wildman–Crippen MR) is 209 cm³/mol.